The molecule has 0 fully saturated rings. The summed E-state index contributed by atoms with van der Waals surface area (Å²) in [6, 6.07) is 9.81. The van der Waals surface area contributed by atoms with E-state index in [1.54, 1.807) is 4.90 Å². The zero-order valence-electron chi connectivity index (χ0n) is 15.2. The Morgan fingerprint density at radius 1 is 1.30 bits per heavy atom. The summed E-state index contributed by atoms with van der Waals surface area (Å²) in [4.78, 5) is 32.8. The lowest BCUT2D eigenvalue weighted by Gasteiger charge is -2.22. The Bertz CT molecular complexity index is 1070. The van der Waals surface area contributed by atoms with Gasteiger partial charge in [-0.05, 0) is 31.7 Å². The number of thiophene rings is 1. The highest BCUT2D eigenvalue weighted by atomic mass is 32.1. The Kier molecular flexibility index (Phi) is 4.90. The molecule has 0 saturated heterocycles. The van der Waals surface area contributed by atoms with E-state index in [0.717, 1.165) is 36.1 Å². The number of hydrogen-bond donors (Lipinski definition) is 0. The third-order valence-corrected chi connectivity index (χ3v) is 5.82. The van der Waals surface area contributed by atoms with E-state index >= 15 is 0 Å². The van der Waals surface area contributed by atoms with Gasteiger partial charge in [0, 0.05) is 23.2 Å². The van der Waals surface area contributed by atoms with Crippen LogP contribution in [0.25, 0.3) is 21.3 Å². The van der Waals surface area contributed by atoms with E-state index in [1.165, 1.54) is 22.2 Å². The lowest BCUT2D eigenvalue weighted by molar-refractivity contribution is -0.129. The minimum atomic E-state index is -0.162. The van der Waals surface area contributed by atoms with Crippen molar-refractivity contribution in [2.75, 3.05) is 6.54 Å². The second-order valence-electron chi connectivity index (χ2n) is 6.60. The molecule has 2 heterocycles. The maximum absolute atomic E-state index is 13.1. The maximum atomic E-state index is 13.1. The average molecular weight is 379 g/mol. The monoisotopic (exact) mass is 379 g/mol. The van der Waals surface area contributed by atoms with Gasteiger partial charge in [-0.15, -0.1) is 11.3 Å². The lowest BCUT2D eigenvalue weighted by atomic mass is 10.1. The van der Waals surface area contributed by atoms with Crippen molar-refractivity contribution in [2.24, 2.45) is 0 Å². The summed E-state index contributed by atoms with van der Waals surface area (Å²) in [5.41, 5.74) is 2.77. The van der Waals surface area contributed by atoms with Crippen LogP contribution < -0.4 is 5.56 Å². The second-order valence-corrected chi connectivity index (χ2v) is 7.46. The topological polar surface area (TPSA) is 55.2 Å². The van der Waals surface area contributed by atoms with E-state index in [-0.39, 0.29) is 18.0 Å². The van der Waals surface area contributed by atoms with Crippen LogP contribution in [0.15, 0.2) is 58.6 Å². The number of fused-ring (bicyclic) bond motifs is 1. The Balaban J connectivity index is 1.70. The van der Waals surface area contributed by atoms with Crippen LogP contribution in [-0.4, -0.2) is 26.9 Å². The van der Waals surface area contributed by atoms with Crippen molar-refractivity contribution < 1.29 is 4.79 Å². The normalized spacial score (nSPS) is 13.7. The lowest BCUT2D eigenvalue weighted by Crippen LogP contribution is -2.35. The Morgan fingerprint density at radius 3 is 2.81 bits per heavy atom. The first-order valence-corrected chi connectivity index (χ1v) is 10.1. The summed E-state index contributed by atoms with van der Waals surface area (Å²) in [6.45, 7) is 2.59. The number of carbonyl (C=O) groups is 1. The van der Waals surface area contributed by atoms with Crippen molar-refractivity contribution in [3.8, 4) is 11.1 Å². The highest BCUT2D eigenvalue weighted by molar-refractivity contribution is 7.17. The molecule has 2 aromatic heterocycles. The van der Waals surface area contributed by atoms with Crippen molar-refractivity contribution in [3.63, 3.8) is 0 Å². The number of benzene rings is 1. The van der Waals surface area contributed by atoms with E-state index in [0.29, 0.717) is 16.8 Å². The summed E-state index contributed by atoms with van der Waals surface area (Å²) in [7, 11) is 0. The highest BCUT2D eigenvalue weighted by Gasteiger charge is 2.20. The fourth-order valence-electron chi connectivity index (χ4n) is 3.58. The Labute approximate surface area is 161 Å². The second kappa shape index (κ2) is 7.48. The number of carbonyl (C=O) groups excluding carboxylic acids is 1. The highest BCUT2D eigenvalue weighted by Crippen LogP contribution is 2.30. The summed E-state index contributed by atoms with van der Waals surface area (Å²) in [5, 5.41) is 2.55. The molecule has 6 heteroatoms. The minimum absolute atomic E-state index is 0.0109. The summed E-state index contributed by atoms with van der Waals surface area (Å²) in [6.07, 6.45) is 6.64. The zero-order valence-corrected chi connectivity index (χ0v) is 16.0. The summed E-state index contributed by atoms with van der Waals surface area (Å²) in [5.74, 6) is -0.0645. The van der Waals surface area contributed by atoms with Crippen molar-refractivity contribution in [2.45, 2.75) is 32.7 Å². The van der Waals surface area contributed by atoms with Gasteiger partial charge >= 0.3 is 0 Å². The first-order chi connectivity index (χ1) is 13.2. The predicted molar refractivity (Wildman–Crippen MR) is 109 cm³/mol. The minimum Gasteiger partial charge on any atom is -0.315 e. The van der Waals surface area contributed by atoms with Crippen LogP contribution in [0.3, 0.4) is 0 Å². The fourth-order valence-corrected chi connectivity index (χ4v) is 4.49. The summed E-state index contributed by atoms with van der Waals surface area (Å²) >= 11 is 1.45. The standard InChI is InChI=1S/C21H21N3O2S/c1-2-24(16-10-6-7-11-16)18(25)12-23-14-22-20-19(21(23)26)17(13-27-20)15-8-4-3-5-9-15/h3-5,8-10,13-14H,2,6-7,11-12H2,1H3. The molecule has 138 valence electrons. The van der Waals surface area contributed by atoms with E-state index in [1.807, 2.05) is 42.6 Å². The van der Waals surface area contributed by atoms with Crippen LogP contribution in [0.2, 0.25) is 0 Å². The number of nitrogens with zero attached hydrogens (tertiary/aromatic N) is 3. The van der Waals surface area contributed by atoms with Crippen LogP contribution in [0.5, 0.6) is 0 Å². The van der Waals surface area contributed by atoms with Crippen LogP contribution in [-0.2, 0) is 11.3 Å². The first kappa shape index (κ1) is 17.7. The molecule has 0 radical (unpaired) electrons. The third-order valence-electron chi connectivity index (χ3n) is 4.93. The third kappa shape index (κ3) is 3.32. The van der Waals surface area contributed by atoms with Crippen molar-refractivity contribution in [3.05, 3.63) is 64.2 Å². The van der Waals surface area contributed by atoms with E-state index in [4.69, 9.17) is 0 Å². The van der Waals surface area contributed by atoms with E-state index in [9.17, 15) is 9.59 Å². The molecule has 4 rings (SSSR count). The molecule has 1 aliphatic carbocycles. The predicted octanol–water partition coefficient (Wildman–Crippen LogP) is 4.04. The number of likely N-dealkylation sites (N-methyl/N-ethyl adjacent to an activating group) is 1. The average Bonchev–Trinajstić information content (AvgIpc) is 3.36. The number of hydrogen-bond acceptors (Lipinski definition) is 4. The molecular weight excluding hydrogens is 358 g/mol. The van der Waals surface area contributed by atoms with Gasteiger partial charge in [-0.25, -0.2) is 4.98 Å². The number of aromatic nitrogens is 2. The molecular formula is C21H21N3O2S. The molecule has 5 nitrogen and oxygen atoms in total. The van der Waals surface area contributed by atoms with Crippen LogP contribution in [0.1, 0.15) is 26.2 Å². The molecule has 1 amide bonds. The molecule has 3 aromatic rings. The van der Waals surface area contributed by atoms with E-state index in [2.05, 4.69) is 11.1 Å². The van der Waals surface area contributed by atoms with Crippen LogP contribution in [0.4, 0.5) is 0 Å². The fraction of sp³-hybridized carbons (Fsp3) is 0.286. The number of allylic oxidation sites excluding steroid dienone is 2. The van der Waals surface area contributed by atoms with Gasteiger partial charge in [0.25, 0.3) is 5.56 Å². The molecule has 0 atom stereocenters. The summed E-state index contributed by atoms with van der Waals surface area (Å²) < 4.78 is 1.43. The van der Waals surface area contributed by atoms with Gasteiger partial charge in [-0.2, -0.15) is 0 Å². The number of amides is 1. The van der Waals surface area contributed by atoms with Crippen LogP contribution in [0, 0.1) is 0 Å². The van der Waals surface area contributed by atoms with Gasteiger partial charge in [0.2, 0.25) is 5.91 Å². The molecule has 1 aromatic carbocycles. The van der Waals surface area contributed by atoms with Gasteiger partial charge in [0.15, 0.2) is 0 Å². The van der Waals surface area contributed by atoms with Crippen molar-refractivity contribution in [1.82, 2.24) is 14.5 Å². The quantitative estimate of drug-likeness (QED) is 0.672. The molecule has 0 N–H and O–H groups in total. The number of rotatable bonds is 5. The maximum Gasteiger partial charge on any atom is 0.263 e. The molecule has 0 bridgehead atoms. The van der Waals surface area contributed by atoms with Gasteiger partial charge in [-0.1, -0.05) is 36.4 Å². The van der Waals surface area contributed by atoms with Crippen molar-refractivity contribution in [1.29, 1.82) is 0 Å². The largest absolute Gasteiger partial charge is 0.315 e. The SMILES string of the molecule is CCN(C(=O)Cn1cnc2scc(-c3ccccc3)c2c1=O)C1=CCCC1. The van der Waals surface area contributed by atoms with Crippen molar-refractivity contribution >= 4 is 27.5 Å². The van der Waals surface area contributed by atoms with Crippen LogP contribution >= 0.6 is 11.3 Å². The van der Waals surface area contributed by atoms with E-state index < -0.39 is 0 Å². The molecule has 0 aliphatic heterocycles. The molecule has 0 saturated carbocycles. The van der Waals surface area contributed by atoms with Gasteiger partial charge in [0.05, 0.1) is 11.7 Å². The molecule has 0 unspecified atom stereocenters. The molecule has 27 heavy (non-hydrogen) atoms. The van der Waals surface area contributed by atoms with Gasteiger partial charge in [-0.3, -0.25) is 14.2 Å². The first-order valence-electron chi connectivity index (χ1n) is 9.20. The smallest absolute Gasteiger partial charge is 0.263 e. The Hall–Kier alpha value is -2.73. The molecule has 1 aliphatic rings. The van der Waals surface area contributed by atoms with Gasteiger partial charge < -0.3 is 4.90 Å². The zero-order chi connectivity index (χ0) is 18.8. The molecule has 0 spiro atoms. The van der Waals surface area contributed by atoms with Gasteiger partial charge in [0.1, 0.15) is 11.4 Å². The Morgan fingerprint density at radius 2 is 2.11 bits per heavy atom.